The Bertz CT molecular complexity index is 1040. The highest BCUT2D eigenvalue weighted by atomic mass is 79.9. The zero-order valence-electron chi connectivity index (χ0n) is 14.9. The fourth-order valence-corrected chi connectivity index (χ4v) is 3.34. The maximum Gasteiger partial charge on any atom is 0.253 e. The van der Waals surface area contributed by atoms with Crippen molar-refractivity contribution in [3.63, 3.8) is 0 Å². The summed E-state index contributed by atoms with van der Waals surface area (Å²) in [6.07, 6.45) is 2.57. The van der Waals surface area contributed by atoms with Crippen LogP contribution >= 0.6 is 15.9 Å². The highest BCUT2D eigenvalue weighted by Crippen LogP contribution is 2.21. The highest BCUT2D eigenvalue weighted by Gasteiger charge is 2.16. The Morgan fingerprint density at radius 1 is 1.35 bits per heavy atom. The number of aromatic nitrogens is 4. The van der Waals surface area contributed by atoms with Crippen molar-refractivity contribution in [2.24, 2.45) is 0 Å². The fraction of sp³-hybridized carbons (Fsp3) is 0.333. The number of hydrogen-bond donors (Lipinski definition) is 2. The molecule has 136 valence electrons. The summed E-state index contributed by atoms with van der Waals surface area (Å²) >= 11 is 3.36. The van der Waals surface area contributed by atoms with E-state index in [1.54, 1.807) is 16.9 Å². The highest BCUT2D eigenvalue weighted by molar-refractivity contribution is 9.10. The summed E-state index contributed by atoms with van der Waals surface area (Å²) in [5, 5.41) is 7.84. The third-order valence-electron chi connectivity index (χ3n) is 4.18. The van der Waals surface area contributed by atoms with Crippen molar-refractivity contribution in [3.05, 3.63) is 55.7 Å². The topological polar surface area (TPSA) is 92.7 Å². The number of aromatic amines is 1. The molecule has 0 bridgehead atoms. The van der Waals surface area contributed by atoms with Gasteiger partial charge in [-0.3, -0.25) is 9.59 Å². The smallest absolute Gasteiger partial charge is 0.253 e. The molecule has 3 aromatic rings. The van der Waals surface area contributed by atoms with E-state index in [1.165, 1.54) is 0 Å². The molecule has 2 N–H and O–H groups in total. The minimum absolute atomic E-state index is 0.158. The van der Waals surface area contributed by atoms with Crippen molar-refractivity contribution in [3.8, 4) is 0 Å². The zero-order chi connectivity index (χ0) is 18.8. The number of hydrogen-bond acceptors (Lipinski definition) is 4. The molecule has 0 unspecified atom stereocenters. The van der Waals surface area contributed by atoms with Crippen molar-refractivity contribution in [2.45, 2.75) is 40.3 Å². The van der Waals surface area contributed by atoms with Crippen molar-refractivity contribution < 1.29 is 4.79 Å². The Labute approximate surface area is 159 Å². The average molecular weight is 418 g/mol. The summed E-state index contributed by atoms with van der Waals surface area (Å²) in [7, 11) is 0. The fourth-order valence-electron chi connectivity index (χ4n) is 2.95. The maximum atomic E-state index is 12.7. The van der Waals surface area contributed by atoms with Crippen molar-refractivity contribution in [1.29, 1.82) is 0 Å². The first-order chi connectivity index (χ1) is 12.4. The number of amides is 1. The number of carbonyl (C=O) groups is 1. The third-order valence-corrected chi connectivity index (χ3v) is 4.58. The first kappa shape index (κ1) is 18.3. The van der Waals surface area contributed by atoms with Crippen LogP contribution in [0.15, 0.2) is 27.7 Å². The molecule has 3 rings (SSSR count). The molecular weight excluding hydrogens is 398 g/mol. The quantitative estimate of drug-likeness (QED) is 0.624. The van der Waals surface area contributed by atoms with Gasteiger partial charge in [-0.25, -0.2) is 9.67 Å². The van der Waals surface area contributed by atoms with E-state index in [2.05, 4.69) is 43.2 Å². The number of halogens is 1. The number of pyridine rings is 2. The summed E-state index contributed by atoms with van der Waals surface area (Å²) in [6.45, 7) is 6.63. The molecule has 0 radical (unpaired) electrons. The molecule has 0 atom stereocenters. The van der Waals surface area contributed by atoms with Crippen molar-refractivity contribution in [2.75, 3.05) is 0 Å². The van der Waals surface area contributed by atoms with Gasteiger partial charge in [-0.2, -0.15) is 5.10 Å². The zero-order valence-corrected chi connectivity index (χ0v) is 16.5. The standard InChI is InChI=1S/C18H20BrN5O2/c1-4-5-24-16-14(9-21-24)12(7-15(19)23-16)17(25)20-8-13-10(2)6-11(3)22-18(13)26/h6-7,9H,4-5,8H2,1-3H3,(H,20,25)(H,22,26). The molecule has 1 amide bonds. The van der Waals surface area contributed by atoms with Crippen LogP contribution in [0.25, 0.3) is 11.0 Å². The van der Waals surface area contributed by atoms with Gasteiger partial charge in [0, 0.05) is 24.3 Å². The Hall–Kier alpha value is -2.48. The summed E-state index contributed by atoms with van der Waals surface area (Å²) in [5.41, 5.74) is 3.16. The van der Waals surface area contributed by atoms with E-state index in [-0.39, 0.29) is 18.0 Å². The molecule has 0 aliphatic heterocycles. The van der Waals surface area contributed by atoms with Crippen LogP contribution in [0.2, 0.25) is 0 Å². The lowest BCUT2D eigenvalue weighted by Crippen LogP contribution is -2.28. The molecule has 0 aromatic carbocycles. The van der Waals surface area contributed by atoms with Gasteiger partial charge >= 0.3 is 0 Å². The van der Waals surface area contributed by atoms with E-state index >= 15 is 0 Å². The van der Waals surface area contributed by atoms with E-state index in [1.807, 2.05) is 19.9 Å². The van der Waals surface area contributed by atoms with Crippen LogP contribution in [0.4, 0.5) is 0 Å². The van der Waals surface area contributed by atoms with Gasteiger partial charge in [0.2, 0.25) is 0 Å². The minimum atomic E-state index is -0.270. The van der Waals surface area contributed by atoms with Gasteiger partial charge < -0.3 is 10.3 Å². The van der Waals surface area contributed by atoms with Gasteiger partial charge in [0.05, 0.1) is 17.1 Å². The first-order valence-electron chi connectivity index (χ1n) is 8.40. The van der Waals surface area contributed by atoms with Gasteiger partial charge in [0.15, 0.2) is 5.65 Å². The molecule has 0 spiro atoms. The predicted molar refractivity (Wildman–Crippen MR) is 103 cm³/mol. The SMILES string of the molecule is CCCn1ncc2c(C(=O)NCc3c(C)cc(C)[nH]c3=O)cc(Br)nc21. The molecule has 3 aromatic heterocycles. The predicted octanol–water partition coefficient (Wildman–Crippen LogP) is 2.84. The van der Waals surface area contributed by atoms with Gasteiger partial charge in [-0.1, -0.05) is 6.92 Å². The van der Waals surface area contributed by atoms with Gasteiger partial charge in [0.25, 0.3) is 11.5 Å². The number of fused-ring (bicyclic) bond motifs is 1. The summed E-state index contributed by atoms with van der Waals surface area (Å²) in [6, 6.07) is 3.56. The van der Waals surface area contributed by atoms with Crippen LogP contribution < -0.4 is 10.9 Å². The lowest BCUT2D eigenvalue weighted by atomic mass is 10.1. The molecule has 0 fully saturated rings. The Kier molecular flexibility index (Phi) is 5.22. The first-order valence-corrected chi connectivity index (χ1v) is 9.19. The van der Waals surface area contributed by atoms with E-state index in [4.69, 9.17) is 0 Å². The number of nitrogens with zero attached hydrogens (tertiary/aromatic N) is 3. The molecular formula is C18H20BrN5O2. The van der Waals surface area contributed by atoms with E-state index in [0.717, 1.165) is 24.2 Å². The average Bonchev–Trinajstić information content (AvgIpc) is 2.96. The number of H-pyrrole nitrogens is 1. The third kappa shape index (κ3) is 3.55. The molecule has 7 nitrogen and oxygen atoms in total. The van der Waals surface area contributed by atoms with Crippen LogP contribution in [-0.2, 0) is 13.1 Å². The largest absolute Gasteiger partial charge is 0.348 e. The number of aryl methyl sites for hydroxylation is 3. The number of carbonyl (C=O) groups excluding carboxylic acids is 1. The second-order valence-corrected chi connectivity index (χ2v) is 7.04. The van der Waals surface area contributed by atoms with Crippen LogP contribution in [0, 0.1) is 13.8 Å². The van der Waals surface area contributed by atoms with E-state index < -0.39 is 0 Å². The van der Waals surface area contributed by atoms with Crippen LogP contribution in [0.3, 0.4) is 0 Å². The molecule has 0 aliphatic carbocycles. The van der Waals surface area contributed by atoms with Crippen molar-refractivity contribution in [1.82, 2.24) is 25.1 Å². The molecule has 0 saturated carbocycles. The molecule has 0 aliphatic rings. The minimum Gasteiger partial charge on any atom is -0.348 e. The molecule has 3 heterocycles. The molecule has 0 saturated heterocycles. The number of nitrogens with one attached hydrogen (secondary N) is 2. The second-order valence-electron chi connectivity index (χ2n) is 6.22. The normalized spacial score (nSPS) is 11.1. The summed E-state index contributed by atoms with van der Waals surface area (Å²) in [4.78, 5) is 32.0. The summed E-state index contributed by atoms with van der Waals surface area (Å²) in [5.74, 6) is -0.270. The van der Waals surface area contributed by atoms with Gasteiger partial charge in [-0.05, 0) is 53.9 Å². The van der Waals surface area contributed by atoms with E-state index in [0.29, 0.717) is 26.8 Å². The number of rotatable bonds is 5. The van der Waals surface area contributed by atoms with Gasteiger partial charge in [0.1, 0.15) is 4.60 Å². The van der Waals surface area contributed by atoms with Crippen LogP contribution in [0.1, 0.15) is 40.5 Å². The Morgan fingerprint density at radius 3 is 2.81 bits per heavy atom. The Balaban J connectivity index is 1.90. The lowest BCUT2D eigenvalue weighted by molar-refractivity contribution is 0.0952. The van der Waals surface area contributed by atoms with Gasteiger partial charge in [-0.15, -0.1) is 0 Å². The summed E-state index contributed by atoms with van der Waals surface area (Å²) < 4.78 is 2.35. The maximum absolute atomic E-state index is 12.7. The van der Waals surface area contributed by atoms with E-state index in [9.17, 15) is 9.59 Å². The second kappa shape index (κ2) is 7.41. The lowest BCUT2D eigenvalue weighted by Gasteiger charge is -2.09. The molecule has 26 heavy (non-hydrogen) atoms. The monoisotopic (exact) mass is 417 g/mol. The van der Waals surface area contributed by atoms with Crippen LogP contribution in [0.5, 0.6) is 0 Å². The Morgan fingerprint density at radius 2 is 2.12 bits per heavy atom. The van der Waals surface area contributed by atoms with Crippen LogP contribution in [-0.4, -0.2) is 25.7 Å². The van der Waals surface area contributed by atoms with Crippen molar-refractivity contribution >= 4 is 32.9 Å². The molecule has 8 heteroatoms.